The van der Waals surface area contributed by atoms with Crippen molar-refractivity contribution in [1.82, 2.24) is 15.6 Å². The molecule has 0 radical (unpaired) electrons. The molecule has 7 nitrogen and oxygen atoms in total. The molecule has 1 aliphatic heterocycles. The highest BCUT2D eigenvalue weighted by molar-refractivity contribution is 5.87. The number of nitrogens with zero attached hydrogens (tertiary/aromatic N) is 1. The number of aromatic carboxylic acids is 1. The molecule has 1 aromatic heterocycles. The molecule has 7 heteroatoms. The smallest absolute Gasteiger partial charge is 0.335 e. The van der Waals surface area contributed by atoms with Crippen molar-refractivity contribution in [2.75, 3.05) is 19.7 Å². The topological polar surface area (TPSA) is 101 Å². The van der Waals surface area contributed by atoms with E-state index in [1.165, 1.54) is 18.3 Å². The molecule has 0 aliphatic carbocycles. The van der Waals surface area contributed by atoms with Crippen molar-refractivity contribution in [3.63, 3.8) is 0 Å². The number of hydrogen-bond donors (Lipinski definition) is 3. The van der Waals surface area contributed by atoms with E-state index in [-0.39, 0.29) is 18.0 Å². The summed E-state index contributed by atoms with van der Waals surface area (Å²) in [6.45, 7) is 1.91. The molecule has 1 aromatic rings. The minimum absolute atomic E-state index is 0.148. The van der Waals surface area contributed by atoms with E-state index in [0.717, 1.165) is 6.54 Å². The monoisotopic (exact) mass is 265 g/mol. The molecular weight excluding hydrogens is 250 g/mol. The van der Waals surface area contributed by atoms with Crippen molar-refractivity contribution in [1.29, 1.82) is 0 Å². The van der Waals surface area contributed by atoms with Gasteiger partial charge in [0, 0.05) is 19.3 Å². The van der Waals surface area contributed by atoms with Gasteiger partial charge in [0.15, 0.2) is 0 Å². The summed E-state index contributed by atoms with van der Waals surface area (Å²) in [5.41, 5.74) is 0.645. The van der Waals surface area contributed by atoms with Crippen LogP contribution in [0, 0.1) is 0 Å². The Kier molecular flexibility index (Phi) is 4.43. The molecule has 1 fully saturated rings. The zero-order valence-corrected chi connectivity index (χ0v) is 10.3. The van der Waals surface area contributed by atoms with Crippen LogP contribution >= 0.6 is 0 Å². The lowest BCUT2D eigenvalue weighted by atomic mass is 10.2. The lowest BCUT2D eigenvalue weighted by molar-refractivity contribution is -0.134. The lowest BCUT2D eigenvalue weighted by Crippen LogP contribution is -2.47. The van der Waals surface area contributed by atoms with Crippen LogP contribution in [0.15, 0.2) is 18.3 Å². The van der Waals surface area contributed by atoms with Gasteiger partial charge in [0.1, 0.15) is 6.10 Å². The normalized spacial score (nSPS) is 18.8. The second kappa shape index (κ2) is 6.26. The number of nitrogens with one attached hydrogen (secondary N) is 2. The minimum atomic E-state index is -1.02. The summed E-state index contributed by atoms with van der Waals surface area (Å²) in [7, 11) is 0. The summed E-state index contributed by atoms with van der Waals surface area (Å²) in [5.74, 6) is -1.25. The number of aromatic nitrogens is 1. The molecule has 0 saturated carbocycles. The second-order valence-corrected chi connectivity index (χ2v) is 4.12. The molecule has 1 amide bonds. The maximum atomic E-state index is 11.8. The summed E-state index contributed by atoms with van der Waals surface area (Å²) in [6, 6.07) is 2.84. The standard InChI is InChI=1S/C12H15N3O4/c16-11(10-7-13-3-4-19-10)15-6-9-5-8(12(17)18)1-2-14-9/h1-2,5,10,13H,3-4,6-7H2,(H,15,16)(H,17,18). The van der Waals surface area contributed by atoms with E-state index < -0.39 is 12.1 Å². The van der Waals surface area contributed by atoms with Crippen LogP contribution in [0.5, 0.6) is 0 Å². The predicted octanol–water partition coefficient (Wildman–Crippen LogP) is -0.616. The third kappa shape index (κ3) is 3.73. The number of carbonyl (C=O) groups excluding carboxylic acids is 1. The summed E-state index contributed by atoms with van der Waals surface area (Å²) in [4.78, 5) is 26.6. The summed E-state index contributed by atoms with van der Waals surface area (Å²) < 4.78 is 5.30. The van der Waals surface area contributed by atoms with E-state index in [1.807, 2.05) is 0 Å². The Labute approximate surface area is 110 Å². The summed E-state index contributed by atoms with van der Waals surface area (Å²) in [6.07, 6.45) is 0.903. The Morgan fingerprint density at radius 2 is 2.42 bits per heavy atom. The van der Waals surface area contributed by atoms with Gasteiger partial charge in [0.25, 0.3) is 5.91 Å². The van der Waals surface area contributed by atoms with E-state index in [9.17, 15) is 9.59 Å². The van der Waals surface area contributed by atoms with Crippen LogP contribution in [0.4, 0.5) is 0 Å². The number of carboxylic acid groups (broad SMARTS) is 1. The Morgan fingerprint density at radius 1 is 1.58 bits per heavy atom. The lowest BCUT2D eigenvalue weighted by Gasteiger charge is -2.22. The Hall–Kier alpha value is -1.99. The van der Waals surface area contributed by atoms with Crippen LogP contribution in [0.3, 0.4) is 0 Å². The predicted molar refractivity (Wildman–Crippen MR) is 65.7 cm³/mol. The molecule has 19 heavy (non-hydrogen) atoms. The van der Waals surface area contributed by atoms with Gasteiger partial charge in [0.05, 0.1) is 24.4 Å². The third-order valence-corrected chi connectivity index (χ3v) is 2.73. The SMILES string of the molecule is O=C(O)c1ccnc(CNC(=O)C2CNCCO2)c1. The minimum Gasteiger partial charge on any atom is -0.478 e. The van der Waals surface area contributed by atoms with E-state index in [1.54, 1.807) is 0 Å². The Balaban J connectivity index is 1.89. The highest BCUT2D eigenvalue weighted by Gasteiger charge is 2.21. The van der Waals surface area contributed by atoms with Gasteiger partial charge in [-0.1, -0.05) is 0 Å². The van der Waals surface area contributed by atoms with Crippen molar-refractivity contribution in [3.8, 4) is 0 Å². The fourth-order valence-electron chi connectivity index (χ4n) is 1.73. The first-order valence-electron chi connectivity index (χ1n) is 5.95. The summed E-state index contributed by atoms with van der Waals surface area (Å²) in [5, 5.41) is 14.6. The van der Waals surface area contributed by atoms with E-state index in [4.69, 9.17) is 9.84 Å². The van der Waals surface area contributed by atoms with Crippen LogP contribution < -0.4 is 10.6 Å². The fourth-order valence-corrected chi connectivity index (χ4v) is 1.73. The quantitative estimate of drug-likeness (QED) is 0.671. The van der Waals surface area contributed by atoms with E-state index >= 15 is 0 Å². The average Bonchev–Trinajstić information content (AvgIpc) is 2.46. The Bertz CT molecular complexity index is 472. The van der Waals surface area contributed by atoms with Gasteiger partial charge in [-0.25, -0.2) is 4.79 Å². The number of rotatable bonds is 4. The molecule has 102 valence electrons. The van der Waals surface area contributed by atoms with Gasteiger partial charge in [-0.05, 0) is 12.1 Å². The third-order valence-electron chi connectivity index (χ3n) is 2.73. The van der Waals surface area contributed by atoms with Crippen LogP contribution in [0.2, 0.25) is 0 Å². The second-order valence-electron chi connectivity index (χ2n) is 4.12. The van der Waals surface area contributed by atoms with E-state index in [2.05, 4.69) is 15.6 Å². The van der Waals surface area contributed by atoms with Crippen molar-refractivity contribution < 1.29 is 19.4 Å². The molecule has 0 spiro atoms. The molecule has 2 heterocycles. The molecule has 1 atom stereocenters. The molecular formula is C12H15N3O4. The van der Waals surface area contributed by atoms with Crippen molar-refractivity contribution >= 4 is 11.9 Å². The van der Waals surface area contributed by atoms with Crippen LogP contribution in [-0.2, 0) is 16.1 Å². The highest BCUT2D eigenvalue weighted by Crippen LogP contribution is 2.02. The fraction of sp³-hybridized carbons (Fsp3) is 0.417. The zero-order valence-electron chi connectivity index (χ0n) is 10.3. The molecule has 1 aliphatic rings. The number of ether oxygens (including phenoxy) is 1. The Morgan fingerprint density at radius 3 is 3.11 bits per heavy atom. The number of amides is 1. The number of carbonyl (C=O) groups is 2. The van der Waals surface area contributed by atoms with Gasteiger partial charge in [-0.2, -0.15) is 0 Å². The van der Waals surface area contributed by atoms with Gasteiger partial charge < -0.3 is 20.5 Å². The molecule has 0 bridgehead atoms. The highest BCUT2D eigenvalue weighted by atomic mass is 16.5. The average molecular weight is 265 g/mol. The molecule has 1 unspecified atom stereocenters. The first-order chi connectivity index (χ1) is 9.16. The maximum absolute atomic E-state index is 11.8. The van der Waals surface area contributed by atoms with E-state index in [0.29, 0.717) is 18.8 Å². The maximum Gasteiger partial charge on any atom is 0.335 e. The zero-order chi connectivity index (χ0) is 13.7. The van der Waals surface area contributed by atoms with Gasteiger partial charge >= 0.3 is 5.97 Å². The number of hydrogen-bond acceptors (Lipinski definition) is 5. The van der Waals surface area contributed by atoms with Crippen molar-refractivity contribution in [2.24, 2.45) is 0 Å². The molecule has 3 N–H and O–H groups in total. The number of morpholine rings is 1. The van der Waals surface area contributed by atoms with Crippen LogP contribution in [0.1, 0.15) is 16.1 Å². The first-order valence-corrected chi connectivity index (χ1v) is 5.95. The van der Waals surface area contributed by atoms with Crippen LogP contribution in [0.25, 0.3) is 0 Å². The van der Waals surface area contributed by atoms with Gasteiger partial charge in [-0.15, -0.1) is 0 Å². The van der Waals surface area contributed by atoms with Gasteiger partial charge in [0.2, 0.25) is 0 Å². The number of carboxylic acids is 1. The molecule has 1 saturated heterocycles. The largest absolute Gasteiger partial charge is 0.478 e. The summed E-state index contributed by atoms with van der Waals surface area (Å²) >= 11 is 0. The molecule has 0 aromatic carbocycles. The molecule has 2 rings (SSSR count). The van der Waals surface area contributed by atoms with Gasteiger partial charge in [-0.3, -0.25) is 9.78 Å². The van der Waals surface area contributed by atoms with Crippen molar-refractivity contribution in [3.05, 3.63) is 29.6 Å². The first kappa shape index (κ1) is 13.4. The van der Waals surface area contributed by atoms with Crippen LogP contribution in [-0.4, -0.2) is 47.8 Å². The van der Waals surface area contributed by atoms with Crippen molar-refractivity contribution in [2.45, 2.75) is 12.6 Å². The number of pyridine rings is 1.